The van der Waals surface area contributed by atoms with Gasteiger partial charge in [-0.25, -0.2) is 0 Å². The third kappa shape index (κ3) is 11.2. The van der Waals surface area contributed by atoms with E-state index in [9.17, 15) is 0 Å². The van der Waals surface area contributed by atoms with E-state index < -0.39 is 0 Å². The Bertz CT molecular complexity index is 21.7. The Morgan fingerprint density at radius 1 is 1.00 bits per heavy atom. The zero-order chi connectivity index (χ0) is 4.83. The molecular weight excluding hydrogens is 232 g/mol. The molecule has 0 bridgehead atoms. The Balaban J connectivity index is 0. The van der Waals surface area contributed by atoms with E-state index in [-0.39, 0.29) is 49.4 Å². The summed E-state index contributed by atoms with van der Waals surface area (Å²) in [7, 11) is 3.30. The van der Waals surface area contributed by atoms with Crippen molar-refractivity contribution in [2.45, 2.75) is 0 Å². The first kappa shape index (κ1) is 11.3. The van der Waals surface area contributed by atoms with Crippen LogP contribution in [0.4, 0.5) is 0 Å². The molecule has 0 amide bonds. The van der Waals surface area contributed by atoms with Gasteiger partial charge in [0.05, 0.1) is 13.2 Å². The zero-order valence-corrected chi connectivity index (χ0v) is 7.03. The summed E-state index contributed by atoms with van der Waals surface area (Å²) in [6.07, 6.45) is 0. The fourth-order valence-corrected chi connectivity index (χ4v) is 0.167. The van der Waals surface area contributed by atoms with Crippen LogP contribution in [0.25, 0.3) is 0 Å². The first-order chi connectivity index (χ1) is 2.91. The molecule has 0 aliphatic heterocycles. The Labute approximate surface area is 85.1 Å². The topological polar surface area (TPSA) is 18.5 Å². The van der Waals surface area contributed by atoms with Gasteiger partial charge in [-0.05, 0) is 0 Å². The third-order valence-corrected chi connectivity index (χ3v) is 0.492. The van der Waals surface area contributed by atoms with E-state index in [1.54, 1.807) is 14.2 Å². The molecule has 0 rings (SSSR count). The van der Waals surface area contributed by atoms with Crippen molar-refractivity contribution in [3.8, 4) is 0 Å². The van der Waals surface area contributed by atoms with Gasteiger partial charge in [-0.2, -0.15) is 0 Å². The first-order valence-corrected chi connectivity index (χ1v) is 1.89. The Morgan fingerprint density at radius 2 is 1.29 bits per heavy atom. The minimum absolute atomic E-state index is 0. The van der Waals surface area contributed by atoms with Crippen LogP contribution < -0.4 is 0 Å². The van der Waals surface area contributed by atoms with Crippen molar-refractivity contribution in [1.82, 2.24) is 0 Å². The molecule has 45 valence electrons. The SMILES string of the molecule is COCCOC.[Eu]. The van der Waals surface area contributed by atoms with Crippen LogP contribution in [0.15, 0.2) is 0 Å². The van der Waals surface area contributed by atoms with Gasteiger partial charge < -0.3 is 9.47 Å². The summed E-state index contributed by atoms with van der Waals surface area (Å²) in [5.74, 6) is 0. The predicted octanol–water partition coefficient (Wildman–Crippen LogP) is 0.279. The summed E-state index contributed by atoms with van der Waals surface area (Å²) in [5, 5.41) is 0. The van der Waals surface area contributed by atoms with E-state index in [0.29, 0.717) is 13.2 Å². The molecule has 7 heavy (non-hydrogen) atoms. The van der Waals surface area contributed by atoms with Gasteiger partial charge in [0.1, 0.15) is 0 Å². The average molecular weight is 242 g/mol. The van der Waals surface area contributed by atoms with E-state index in [1.807, 2.05) is 0 Å². The van der Waals surface area contributed by atoms with E-state index in [1.165, 1.54) is 0 Å². The van der Waals surface area contributed by atoms with Gasteiger partial charge in [0.2, 0.25) is 0 Å². The second-order valence-corrected chi connectivity index (χ2v) is 0.986. The van der Waals surface area contributed by atoms with Gasteiger partial charge in [0.25, 0.3) is 0 Å². The maximum Gasteiger partial charge on any atom is 0.0696 e. The van der Waals surface area contributed by atoms with Crippen LogP contribution in [0.5, 0.6) is 0 Å². The molecule has 0 saturated heterocycles. The minimum atomic E-state index is 0. The third-order valence-electron chi connectivity index (χ3n) is 0.492. The van der Waals surface area contributed by atoms with Crippen molar-refractivity contribution in [2.75, 3.05) is 27.4 Å². The number of hydrogen-bond donors (Lipinski definition) is 0. The van der Waals surface area contributed by atoms with Crippen LogP contribution in [0, 0.1) is 49.4 Å². The molecule has 0 N–H and O–H groups in total. The van der Waals surface area contributed by atoms with Gasteiger partial charge in [-0.3, -0.25) is 0 Å². The van der Waals surface area contributed by atoms with Crippen LogP contribution in [-0.4, -0.2) is 27.4 Å². The van der Waals surface area contributed by atoms with Gasteiger partial charge in [-0.15, -0.1) is 0 Å². The van der Waals surface area contributed by atoms with Crippen LogP contribution in [0.1, 0.15) is 0 Å². The molecule has 0 aliphatic carbocycles. The minimum Gasteiger partial charge on any atom is -0.382 e. The molecule has 0 fully saturated rings. The molecule has 0 atom stereocenters. The van der Waals surface area contributed by atoms with Crippen molar-refractivity contribution in [3.63, 3.8) is 0 Å². The standard InChI is InChI=1S/C4H10O2.Eu/c1-5-3-4-6-2;/h3-4H2,1-2H3;. The predicted molar refractivity (Wildman–Crippen MR) is 23.8 cm³/mol. The fraction of sp³-hybridized carbons (Fsp3) is 1.00. The monoisotopic (exact) mass is 243 g/mol. The normalized spacial score (nSPS) is 7.71. The fourth-order valence-electron chi connectivity index (χ4n) is 0.167. The van der Waals surface area contributed by atoms with E-state index in [2.05, 4.69) is 9.47 Å². The van der Waals surface area contributed by atoms with Gasteiger partial charge in [-0.1, -0.05) is 0 Å². The summed E-state index contributed by atoms with van der Waals surface area (Å²) >= 11 is 0. The van der Waals surface area contributed by atoms with Crippen molar-refractivity contribution in [1.29, 1.82) is 0 Å². The number of rotatable bonds is 3. The largest absolute Gasteiger partial charge is 0.382 e. The van der Waals surface area contributed by atoms with Crippen molar-refractivity contribution in [2.24, 2.45) is 0 Å². The van der Waals surface area contributed by atoms with E-state index in [4.69, 9.17) is 0 Å². The molecule has 0 heterocycles. The van der Waals surface area contributed by atoms with Gasteiger partial charge in [0, 0.05) is 63.6 Å². The molecular formula is C4H10EuO2. The summed E-state index contributed by atoms with van der Waals surface area (Å²) in [6, 6.07) is 0. The average Bonchev–Trinajstić information content (AvgIpc) is 1.61. The van der Waals surface area contributed by atoms with E-state index in [0.717, 1.165) is 0 Å². The molecule has 0 unspecified atom stereocenters. The van der Waals surface area contributed by atoms with E-state index >= 15 is 0 Å². The quantitative estimate of drug-likeness (QED) is 0.662. The van der Waals surface area contributed by atoms with Crippen LogP contribution in [-0.2, 0) is 9.47 Å². The van der Waals surface area contributed by atoms with Gasteiger partial charge >= 0.3 is 0 Å². The molecule has 0 aliphatic rings. The summed E-state index contributed by atoms with van der Waals surface area (Å²) < 4.78 is 9.31. The van der Waals surface area contributed by atoms with Crippen molar-refractivity contribution in [3.05, 3.63) is 0 Å². The molecule has 0 aromatic rings. The van der Waals surface area contributed by atoms with Crippen LogP contribution >= 0.6 is 0 Å². The molecule has 1 radical (unpaired) electrons. The van der Waals surface area contributed by atoms with Crippen molar-refractivity contribution < 1.29 is 58.9 Å². The second kappa shape index (κ2) is 10.5. The van der Waals surface area contributed by atoms with Crippen LogP contribution in [0.2, 0.25) is 0 Å². The Kier molecular flexibility index (Phi) is 16.9. The Hall–Kier alpha value is 1.50. The number of hydrogen-bond acceptors (Lipinski definition) is 2. The second-order valence-electron chi connectivity index (χ2n) is 0.986. The summed E-state index contributed by atoms with van der Waals surface area (Å²) in [4.78, 5) is 0. The zero-order valence-electron chi connectivity index (χ0n) is 4.61. The molecule has 0 spiro atoms. The Morgan fingerprint density at radius 3 is 1.43 bits per heavy atom. The summed E-state index contributed by atoms with van der Waals surface area (Å²) in [5.41, 5.74) is 0. The maximum absolute atomic E-state index is 4.66. The first-order valence-electron chi connectivity index (χ1n) is 1.89. The smallest absolute Gasteiger partial charge is 0.0696 e. The summed E-state index contributed by atoms with van der Waals surface area (Å²) in [6.45, 7) is 1.38. The molecule has 2 nitrogen and oxygen atoms in total. The molecule has 0 aromatic carbocycles. The molecule has 0 aromatic heterocycles. The van der Waals surface area contributed by atoms with Crippen molar-refractivity contribution >= 4 is 0 Å². The molecule has 0 saturated carbocycles. The molecule has 3 heteroatoms. The van der Waals surface area contributed by atoms with Crippen LogP contribution in [0.3, 0.4) is 0 Å². The number of methoxy groups -OCH3 is 2. The maximum atomic E-state index is 4.66. The van der Waals surface area contributed by atoms with Gasteiger partial charge in [0.15, 0.2) is 0 Å². The number of ether oxygens (including phenoxy) is 2.